The van der Waals surface area contributed by atoms with Crippen LogP contribution in [0.5, 0.6) is 5.75 Å². The largest absolute Gasteiger partial charge is 0.507 e. The molecule has 96 valence electrons. The van der Waals surface area contributed by atoms with Gasteiger partial charge in [0.1, 0.15) is 11.6 Å². The van der Waals surface area contributed by atoms with Gasteiger partial charge in [-0.25, -0.2) is 4.98 Å². The molecular formula is C16H16N2O. The Balaban J connectivity index is 2.28. The van der Waals surface area contributed by atoms with E-state index in [2.05, 4.69) is 22.5 Å². The van der Waals surface area contributed by atoms with Gasteiger partial charge in [-0.15, -0.1) is 0 Å². The van der Waals surface area contributed by atoms with Crippen LogP contribution in [0.1, 0.15) is 13.3 Å². The number of rotatable bonds is 3. The molecule has 0 fully saturated rings. The van der Waals surface area contributed by atoms with E-state index in [0.717, 1.165) is 35.4 Å². The Morgan fingerprint density at radius 1 is 1.05 bits per heavy atom. The third-order valence-corrected chi connectivity index (χ3v) is 3.25. The number of fused-ring (bicyclic) bond motifs is 1. The molecule has 0 bridgehead atoms. The molecule has 0 radical (unpaired) electrons. The van der Waals surface area contributed by atoms with Gasteiger partial charge in [-0.2, -0.15) is 0 Å². The first kappa shape index (κ1) is 11.8. The van der Waals surface area contributed by atoms with Gasteiger partial charge in [0.2, 0.25) is 0 Å². The number of aromatic hydroxyl groups is 1. The van der Waals surface area contributed by atoms with Crippen molar-refractivity contribution in [3.05, 3.63) is 48.5 Å². The average Bonchev–Trinajstić information content (AvgIpc) is 2.79. The summed E-state index contributed by atoms with van der Waals surface area (Å²) in [7, 11) is 0. The molecule has 0 saturated carbocycles. The summed E-state index contributed by atoms with van der Waals surface area (Å²) in [4.78, 5) is 4.67. The average molecular weight is 252 g/mol. The van der Waals surface area contributed by atoms with Crippen molar-refractivity contribution in [1.82, 2.24) is 9.55 Å². The third-order valence-electron chi connectivity index (χ3n) is 3.25. The zero-order chi connectivity index (χ0) is 13.2. The Bertz CT molecular complexity index is 716. The van der Waals surface area contributed by atoms with Gasteiger partial charge in [0, 0.05) is 6.54 Å². The molecule has 3 nitrogen and oxygen atoms in total. The number of benzene rings is 2. The second kappa shape index (κ2) is 4.76. The van der Waals surface area contributed by atoms with Crippen LogP contribution in [0.15, 0.2) is 48.5 Å². The van der Waals surface area contributed by atoms with Gasteiger partial charge in [-0.3, -0.25) is 0 Å². The molecular weight excluding hydrogens is 236 g/mol. The van der Waals surface area contributed by atoms with Gasteiger partial charge in [-0.05, 0) is 30.7 Å². The maximum Gasteiger partial charge on any atom is 0.144 e. The van der Waals surface area contributed by atoms with Crippen molar-refractivity contribution in [1.29, 1.82) is 0 Å². The van der Waals surface area contributed by atoms with Crippen LogP contribution in [0.3, 0.4) is 0 Å². The van der Waals surface area contributed by atoms with Crippen molar-refractivity contribution in [3.8, 4) is 17.1 Å². The summed E-state index contributed by atoms with van der Waals surface area (Å²) in [5.74, 6) is 1.11. The van der Waals surface area contributed by atoms with E-state index in [1.165, 1.54) is 0 Å². The number of aromatic nitrogens is 2. The molecule has 1 N–H and O–H groups in total. The first-order chi connectivity index (χ1) is 9.31. The van der Waals surface area contributed by atoms with Crippen LogP contribution < -0.4 is 0 Å². The lowest BCUT2D eigenvalue weighted by Gasteiger charge is -2.08. The van der Waals surface area contributed by atoms with Crippen LogP contribution in [0.4, 0.5) is 0 Å². The number of phenolic OH excluding ortho intramolecular Hbond substituents is 1. The Kier molecular flexibility index (Phi) is 2.95. The van der Waals surface area contributed by atoms with Crippen LogP contribution in [-0.4, -0.2) is 14.7 Å². The van der Waals surface area contributed by atoms with Crippen LogP contribution >= 0.6 is 0 Å². The van der Waals surface area contributed by atoms with E-state index in [0.29, 0.717) is 0 Å². The minimum atomic E-state index is 0.273. The number of hydrogen-bond donors (Lipinski definition) is 1. The zero-order valence-electron chi connectivity index (χ0n) is 10.9. The number of para-hydroxylation sites is 3. The van der Waals surface area contributed by atoms with Crippen molar-refractivity contribution < 1.29 is 5.11 Å². The van der Waals surface area contributed by atoms with Crippen molar-refractivity contribution in [2.45, 2.75) is 19.9 Å². The van der Waals surface area contributed by atoms with E-state index in [4.69, 9.17) is 0 Å². The Morgan fingerprint density at radius 3 is 2.58 bits per heavy atom. The zero-order valence-corrected chi connectivity index (χ0v) is 10.9. The van der Waals surface area contributed by atoms with Gasteiger partial charge >= 0.3 is 0 Å². The summed E-state index contributed by atoms with van der Waals surface area (Å²) in [5.41, 5.74) is 2.86. The van der Waals surface area contributed by atoms with Crippen LogP contribution in [-0.2, 0) is 6.54 Å². The van der Waals surface area contributed by atoms with E-state index in [9.17, 15) is 5.11 Å². The summed E-state index contributed by atoms with van der Waals surface area (Å²) in [6, 6.07) is 15.4. The molecule has 3 aromatic rings. The van der Waals surface area contributed by atoms with Crippen LogP contribution in [0, 0.1) is 0 Å². The maximum absolute atomic E-state index is 10.0. The van der Waals surface area contributed by atoms with Crippen molar-refractivity contribution >= 4 is 11.0 Å². The van der Waals surface area contributed by atoms with Crippen LogP contribution in [0.25, 0.3) is 22.4 Å². The molecule has 0 spiro atoms. The highest BCUT2D eigenvalue weighted by Gasteiger charge is 2.14. The SMILES string of the molecule is CCCn1c(-c2ccccc2O)nc2ccccc21. The predicted octanol–water partition coefficient (Wildman–Crippen LogP) is 3.82. The normalized spacial score (nSPS) is 11.0. The molecule has 0 atom stereocenters. The Morgan fingerprint density at radius 2 is 1.79 bits per heavy atom. The second-order valence-corrected chi connectivity index (χ2v) is 4.59. The van der Waals surface area contributed by atoms with Crippen LogP contribution in [0.2, 0.25) is 0 Å². The molecule has 0 aliphatic carbocycles. The van der Waals surface area contributed by atoms with Gasteiger partial charge in [0.15, 0.2) is 0 Å². The standard InChI is InChI=1S/C16H16N2O/c1-2-11-18-14-9-5-4-8-13(14)17-16(18)12-7-3-6-10-15(12)19/h3-10,19H,2,11H2,1H3. The number of aryl methyl sites for hydroxylation is 1. The van der Waals surface area contributed by atoms with E-state index in [1.807, 2.05) is 36.4 Å². The molecule has 0 unspecified atom stereocenters. The lowest BCUT2D eigenvalue weighted by Crippen LogP contribution is -1.99. The van der Waals surface area contributed by atoms with E-state index in [1.54, 1.807) is 6.07 Å². The van der Waals surface area contributed by atoms with E-state index in [-0.39, 0.29) is 5.75 Å². The molecule has 3 heteroatoms. The summed E-state index contributed by atoms with van der Waals surface area (Å²) in [6.45, 7) is 3.04. The van der Waals surface area contributed by atoms with Gasteiger partial charge in [0.05, 0.1) is 16.6 Å². The fourth-order valence-corrected chi connectivity index (χ4v) is 2.39. The van der Waals surface area contributed by atoms with E-state index >= 15 is 0 Å². The smallest absolute Gasteiger partial charge is 0.144 e. The van der Waals surface area contributed by atoms with Gasteiger partial charge < -0.3 is 9.67 Å². The third kappa shape index (κ3) is 1.97. The summed E-state index contributed by atoms with van der Waals surface area (Å²) >= 11 is 0. The molecule has 0 saturated heterocycles. The molecule has 1 aromatic heterocycles. The fraction of sp³-hybridized carbons (Fsp3) is 0.188. The highest BCUT2D eigenvalue weighted by Crippen LogP contribution is 2.31. The molecule has 2 aromatic carbocycles. The highest BCUT2D eigenvalue weighted by atomic mass is 16.3. The fourth-order valence-electron chi connectivity index (χ4n) is 2.39. The Hall–Kier alpha value is -2.29. The second-order valence-electron chi connectivity index (χ2n) is 4.59. The number of phenols is 1. The summed E-state index contributed by atoms with van der Waals surface area (Å²) < 4.78 is 2.17. The minimum absolute atomic E-state index is 0.273. The van der Waals surface area contributed by atoms with Gasteiger partial charge in [0.25, 0.3) is 0 Å². The van der Waals surface area contributed by atoms with E-state index < -0.39 is 0 Å². The first-order valence-corrected chi connectivity index (χ1v) is 6.55. The summed E-state index contributed by atoms with van der Waals surface area (Å²) in [5, 5.41) is 10.0. The molecule has 19 heavy (non-hydrogen) atoms. The lowest BCUT2D eigenvalue weighted by molar-refractivity contribution is 0.476. The molecule has 0 aliphatic rings. The molecule has 3 rings (SSSR count). The summed E-state index contributed by atoms with van der Waals surface area (Å²) in [6.07, 6.45) is 1.03. The molecule has 0 amide bonds. The van der Waals surface area contributed by atoms with Crippen molar-refractivity contribution in [3.63, 3.8) is 0 Å². The monoisotopic (exact) mass is 252 g/mol. The minimum Gasteiger partial charge on any atom is -0.507 e. The number of hydrogen-bond acceptors (Lipinski definition) is 2. The highest BCUT2D eigenvalue weighted by molar-refractivity contribution is 5.81. The lowest BCUT2D eigenvalue weighted by atomic mass is 10.2. The topological polar surface area (TPSA) is 38.0 Å². The van der Waals surface area contributed by atoms with Gasteiger partial charge in [-0.1, -0.05) is 31.2 Å². The van der Waals surface area contributed by atoms with Crippen molar-refractivity contribution in [2.24, 2.45) is 0 Å². The molecule has 1 heterocycles. The quantitative estimate of drug-likeness (QED) is 0.769. The Labute approximate surface area is 112 Å². The first-order valence-electron chi connectivity index (χ1n) is 6.55. The molecule has 0 aliphatic heterocycles. The number of imidazole rings is 1. The maximum atomic E-state index is 10.0. The van der Waals surface area contributed by atoms with Crippen molar-refractivity contribution in [2.75, 3.05) is 0 Å². The predicted molar refractivity (Wildman–Crippen MR) is 77.1 cm³/mol. The number of nitrogens with zero attached hydrogens (tertiary/aromatic N) is 2.